The van der Waals surface area contributed by atoms with E-state index in [9.17, 15) is 14.4 Å². The summed E-state index contributed by atoms with van der Waals surface area (Å²) >= 11 is 0. The highest BCUT2D eigenvalue weighted by Crippen LogP contribution is 2.75. The van der Waals surface area contributed by atoms with Crippen molar-refractivity contribution in [2.45, 2.75) is 158 Å². The highest BCUT2D eigenvalue weighted by Gasteiger charge is 2.70. The molecule has 10 atom stereocenters. The Morgan fingerprint density at radius 2 is 1.42 bits per heavy atom. The van der Waals surface area contributed by atoms with Crippen molar-refractivity contribution in [3.8, 4) is 0 Å². The second-order valence-corrected chi connectivity index (χ2v) is 22.1. The van der Waals surface area contributed by atoms with Crippen LogP contribution in [0.2, 0.25) is 0 Å². The molecule has 0 spiro atoms. The first-order valence-electron chi connectivity index (χ1n) is 22.4. The first-order valence-corrected chi connectivity index (χ1v) is 22.4. The van der Waals surface area contributed by atoms with Gasteiger partial charge in [0.15, 0.2) is 5.78 Å². The zero-order chi connectivity index (χ0) is 42.8. The smallest absolute Gasteiger partial charge is 0.408 e. The van der Waals surface area contributed by atoms with Crippen molar-refractivity contribution in [3.05, 3.63) is 83.4 Å². The molecule has 2 amide bonds. The van der Waals surface area contributed by atoms with Gasteiger partial charge in [-0.1, -0.05) is 108 Å². The normalized spacial score (nSPS) is 36.6. The number of rotatable bonds is 8. The molecule has 2 N–H and O–H groups in total. The predicted octanol–water partition coefficient (Wildman–Crippen LogP) is 10.3. The number of hydrogen-bond acceptors (Lipinski definition) is 6. The second kappa shape index (κ2) is 15.2. The van der Waals surface area contributed by atoms with Crippen LogP contribution in [0.4, 0.5) is 4.79 Å². The molecule has 0 unspecified atom stereocenters. The van der Waals surface area contributed by atoms with Crippen LogP contribution in [0, 0.1) is 50.2 Å². The van der Waals surface area contributed by atoms with E-state index in [1.165, 1.54) is 5.57 Å². The van der Waals surface area contributed by atoms with Crippen LogP contribution in [-0.4, -0.2) is 41.4 Å². The number of carbonyl (C=O) groups excluding carboxylic acids is 4. The van der Waals surface area contributed by atoms with Crippen LogP contribution in [0.5, 0.6) is 0 Å². The van der Waals surface area contributed by atoms with Crippen LogP contribution < -0.4 is 10.6 Å². The number of nitrogens with one attached hydrogen (secondary N) is 2. The quantitative estimate of drug-likeness (QED) is 0.257. The Morgan fingerprint density at radius 1 is 0.797 bits per heavy atom. The van der Waals surface area contributed by atoms with Gasteiger partial charge in [-0.3, -0.25) is 14.4 Å². The minimum Gasteiger partial charge on any atom is -0.460 e. The molecule has 59 heavy (non-hydrogen) atoms. The van der Waals surface area contributed by atoms with Crippen LogP contribution in [0.3, 0.4) is 0 Å². The number of amides is 2. The molecule has 7 rings (SSSR count). The SMILES string of the molecule is CC(C)(C)OC(=O)N[C@@H](Cc1ccccc1)C(=O)N[C@H]1CC[C@]2(C)[C@H]3C(=O)C=C4[C@@H]5C[C@@](C)(C(=O)OCc6ccccc6)CC[C@]5(C)CC[C@@]4(C)[C@]3(C)CC[C@H]2C1(C)C. The van der Waals surface area contributed by atoms with Crippen LogP contribution in [0.15, 0.2) is 72.3 Å². The predicted molar refractivity (Wildman–Crippen MR) is 231 cm³/mol. The lowest BCUT2D eigenvalue weighted by Crippen LogP contribution is -2.68. The van der Waals surface area contributed by atoms with Crippen molar-refractivity contribution >= 4 is 23.8 Å². The standard InChI is InChI=1S/C51H70N2O6/c1-45(2,3)59-44(57)52-37(29-33-17-13-11-14-18-33)42(55)53-40-22-23-49(8)39(46(40,4)5)21-24-51(10)41(49)38(54)30-35-36-31-48(7,26-25-47(36,6)27-28-50(35,51)9)43(56)58-32-34-19-15-12-16-20-34/h11-20,30,36-37,39-41H,21-29,31-32H2,1-10H3,(H,52,57)(H,53,55)/t36-,37-,39-,40-,41+,47+,48-,49-,50+,51+/m0/s1. The lowest BCUT2D eigenvalue weighted by atomic mass is 9.33. The van der Waals surface area contributed by atoms with Crippen LogP contribution >= 0.6 is 0 Å². The Bertz CT molecular complexity index is 1970. The average Bonchev–Trinajstić information content (AvgIpc) is 3.16. The van der Waals surface area contributed by atoms with Gasteiger partial charge >= 0.3 is 12.1 Å². The third kappa shape index (κ3) is 7.69. The zero-order valence-electron chi connectivity index (χ0n) is 37.5. The maximum absolute atomic E-state index is 15.1. The molecule has 0 aliphatic heterocycles. The number of ether oxygens (including phenoxy) is 2. The lowest BCUT2D eigenvalue weighted by molar-refractivity contribution is -0.190. The van der Waals surface area contributed by atoms with Crippen LogP contribution in [0.1, 0.15) is 138 Å². The summed E-state index contributed by atoms with van der Waals surface area (Å²) in [5, 5.41) is 6.30. The van der Waals surface area contributed by atoms with Gasteiger partial charge in [-0.2, -0.15) is 0 Å². The summed E-state index contributed by atoms with van der Waals surface area (Å²) in [4.78, 5) is 56.2. The van der Waals surface area contributed by atoms with E-state index in [2.05, 4.69) is 65.2 Å². The van der Waals surface area contributed by atoms with E-state index in [0.29, 0.717) is 12.8 Å². The molecule has 8 heteroatoms. The molecule has 0 aromatic heterocycles. The van der Waals surface area contributed by atoms with Crippen molar-refractivity contribution in [1.82, 2.24) is 10.6 Å². The molecule has 5 aliphatic rings. The molecular weight excluding hydrogens is 737 g/mol. The van der Waals surface area contributed by atoms with Crippen molar-refractivity contribution in [3.63, 3.8) is 0 Å². The van der Waals surface area contributed by atoms with Crippen molar-refractivity contribution in [2.75, 3.05) is 0 Å². The van der Waals surface area contributed by atoms with Gasteiger partial charge in [0, 0.05) is 18.4 Å². The minimum atomic E-state index is -0.807. The number of benzene rings is 2. The van der Waals surface area contributed by atoms with Gasteiger partial charge in [-0.15, -0.1) is 0 Å². The van der Waals surface area contributed by atoms with Crippen molar-refractivity contribution < 1.29 is 28.7 Å². The number of fused-ring (bicyclic) bond motifs is 7. The molecule has 8 nitrogen and oxygen atoms in total. The molecule has 0 radical (unpaired) electrons. The van der Waals surface area contributed by atoms with Gasteiger partial charge in [0.05, 0.1) is 5.41 Å². The first-order chi connectivity index (χ1) is 27.5. The molecule has 5 aliphatic carbocycles. The maximum atomic E-state index is 15.1. The van der Waals surface area contributed by atoms with E-state index in [1.54, 1.807) is 0 Å². The van der Waals surface area contributed by atoms with E-state index in [1.807, 2.05) is 81.4 Å². The summed E-state index contributed by atoms with van der Waals surface area (Å²) in [6.45, 7) is 22.0. The third-order valence-electron chi connectivity index (χ3n) is 16.9. The second-order valence-electron chi connectivity index (χ2n) is 22.1. The Hall–Kier alpha value is -3.94. The topological polar surface area (TPSA) is 111 Å². The molecule has 2 aromatic carbocycles. The fraction of sp³-hybridized carbons (Fsp3) is 0.647. The largest absolute Gasteiger partial charge is 0.460 e. The average molecular weight is 807 g/mol. The fourth-order valence-corrected chi connectivity index (χ4v) is 13.3. The molecule has 0 heterocycles. The van der Waals surface area contributed by atoms with E-state index in [-0.39, 0.29) is 75.1 Å². The molecule has 0 bridgehead atoms. The minimum absolute atomic E-state index is 0.0319. The molecule has 2 aromatic rings. The third-order valence-corrected chi connectivity index (χ3v) is 16.9. The summed E-state index contributed by atoms with van der Waals surface area (Å²) in [5.74, 6) is 0.0915. The summed E-state index contributed by atoms with van der Waals surface area (Å²) < 4.78 is 11.6. The Labute approximate surface area is 353 Å². The summed E-state index contributed by atoms with van der Waals surface area (Å²) in [6.07, 6.45) is 9.82. The Kier molecular flexibility index (Phi) is 11.1. The highest BCUT2D eigenvalue weighted by atomic mass is 16.6. The number of allylic oxidation sites excluding steroid dienone is 2. The van der Waals surface area contributed by atoms with Gasteiger partial charge in [-0.25, -0.2) is 4.79 Å². The molecule has 4 fully saturated rings. The number of carbonyl (C=O) groups is 4. The van der Waals surface area contributed by atoms with Gasteiger partial charge in [0.25, 0.3) is 0 Å². The van der Waals surface area contributed by atoms with E-state index in [4.69, 9.17) is 9.47 Å². The van der Waals surface area contributed by atoms with E-state index < -0.39 is 23.2 Å². The van der Waals surface area contributed by atoms with E-state index in [0.717, 1.165) is 62.5 Å². The fourth-order valence-electron chi connectivity index (χ4n) is 13.3. The number of alkyl carbamates (subject to hydrolysis) is 1. The summed E-state index contributed by atoms with van der Waals surface area (Å²) in [6, 6.07) is 18.7. The van der Waals surface area contributed by atoms with Crippen LogP contribution in [-0.2, 0) is 36.9 Å². The number of ketones is 1. The molecular formula is C51H70N2O6. The van der Waals surface area contributed by atoms with E-state index >= 15 is 4.79 Å². The molecule has 4 saturated carbocycles. The monoisotopic (exact) mass is 807 g/mol. The summed E-state index contributed by atoms with van der Waals surface area (Å²) in [7, 11) is 0. The highest BCUT2D eigenvalue weighted by molar-refractivity contribution is 5.96. The van der Waals surface area contributed by atoms with Crippen molar-refractivity contribution in [2.24, 2.45) is 50.2 Å². The lowest BCUT2D eigenvalue weighted by Gasteiger charge is -2.70. The Balaban J connectivity index is 1.12. The molecule has 320 valence electrons. The van der Waals surface area contributed by atoms with Crippen molar-refractivity contribution in [1.29, 1.82) is 0 Å². The molecule has 0 saturated heterocycles. The number of esters is 1. The van der Waals surface area contributed by atoms with Gasteiger partial charge < -0.3 is 20.1 Å². The summed E-state index contributed by atoms with van der Waals surface area (Å²) in [5.41, 5.74) is 0.944. The number of hydrogen-bond donors (Lipinski definition) is 2. The van der Waals surface area contributed by atoms with Crippen LogP contribution in [0.25, 0.3) is 0 Å². The first kappa shape index (κ1) is 43.2. The zero-order valence-corrected chi connectivity index (χ0v) is 37.5. The van der Waals surface area contributed by atoms with Gasteiger partial charge in [-0.05, 0) is 142 Å². The van der Waals surface area contributed by atoms with Gasteiger partial charge in [0.2, 0.25) is 5.91 Å². The maximum Gasteiger partial charge on any atom is 0.408 e. The Morgan fingerprint density at radius 3 is 2.07 bits per heavy atom. The van der Waals surface area contributed by atoms with Gasteiger partial charge in [0.1, 0.15) is 18.2 Å².